The molecule has 2 aliphatic heterocycles. The van der Waals surface area contributed by atoms with Crippen molar-refractivity contribution in [2.75, 3.05) is 19.8 Å². The molecule has 4 unspecified atom stereocenters. The van der Waals surface area contributed by atoms with Crippen molar-refractivity contribution in [3.8, 4) is 0 Å². The molecule has 0 aromatic rings. The number of nitrogens with zero attached hydrogens (tertiary/aromatic N) is 1. The number of hydrogen-bond acceptors (Lipinski definition) is 3. The van der Waals surface area contributed by atoms with E-state index in [1.165, 1.54) is 19.3 Å². The van der Waals surface area contributed by atoms with E-state index in [1.807, 2.05) is 0 Å². The van der Waals surface area contributed by atoms with Gasteiger partial charge in [0.15, 0.2) is 0 Å². The number of rotatable bonds is 1. The van der Waals surface area contributed by atoms with Crippen LogP contribution in [0.4, 0.5) is 0 Å². The molecule has 2 bridgehead atoms. The number of fused-ring (bicyclic) bond motifs is 2. The smallest absolute Gasteiger partial charge is 0.229 e. The third-order valence-corrected chi connectivity index (χ3v) is 4.13. The van der Waals surface area contributed by atoms with Crippen LogP contribution >= 0.6 is 0 Å². The molecule has 0 spiro atoms. The van der Waals surface area contributed by atoms with Crippen molar-refractivity contribution < 1.29 is 9.53 Å². The number of amides is 1. The Morgan fingerprint density at radius 2 is 2.20 bits per heavy atom. The molecule has 3 aliphatic rings. The van der Waals surface area contributed by atoms with E-state index in [-0.39, 0.29) is 17.9 Å². The lowest BCUT2D eigenvalue weighted by Crippen LogP contribution is -2.46. The largest absolute Gasteiger partial charge is 0.379 e. The molecule has 3 fully saturated rings. The van der Waals surface area contributed by atoms with Gasteiger partial charge in [0.05, 0.1) is 19.1 Å². The minimum absolute atomic E-state index is 0.0793. The van der Waals surface area contributed by atoms with E-state index in [2.05, 4.69) is 4.90 Å². The van der Waals surface area contributed by atoms with Crippen LogP contribution in [0.15, 0.2) is 0 Å². The quantitative estimate of drug-likeness (QED) is 0.661. The van der Waals surface area contributed by atoms with Gasteiger partial charge in [0, 0.05) is 18.6 Å². The first-order chi connectivity index (χ1) is 7.25. The van der Waals surface area contributed by atoms with Gasteiger partial charge >= 0.3 is 0 Å². The maximum Gasteiger partial charge on any atom is 0.229 e. The number of piperidine rings is 1. The summed E-state index contributed by atoms with van der Waals surface area (Å²) in [7, 11) is 0. The number of carbonyl (C=O) groups excluding carboxylic acids is 1. The fourth-order valence-electron chi connectivity index (χ4n) is 3.23. The highest BCUT2D eigenvalue weighted by Crippen LogP contribution is 2.38. The molecule has 4 nitrogen and oxygen atoms in total. The van der Waals surface area contributed by atoms with Crippen molar-refractivity contribution >= 4 is 5.91 Å². The Kier molecular flexibility index (Phi) is 2.21. The molecule has 1 saturated carbocycles. The van der Waals surface area contributed by atoms with E-state index in [1.54, 1.807) is 0 Å². The van der Waals surface area contributed by atoms with Crippen LogP contribution in [0.3, 0.4) is 0 Å². The zero-order chi connectivity index (χ0) is 10.4. The van der Waals surface area contributed by atoms with Gasteiger partial charge in [-0.2, -0.15) is 0 Å². The van der Waals surface area contributed by atoms with Crippen LogP contribution in [-0.4, -0.2) is 42.6 Å². The molecule has 3 rings (SSSR count). The molecule has 4 atom stereocenters. The Balaban J connectivity index is 1.69. The van der Waals surface area contributed by atoms with E-state index < -0.39 is 0 Å². The van der Waals surface area contributed by atoms with E-state index in [0.717, 1.165) is 12.5 Å². The monoisotopic (exact) mass is 210 g/mol. The molecule has 84 valence electrons. The van der Waals surface area contributed by atoms with Crippen LogP contribution in [0.2, 0.25) is 0 Å². The molecule has 2 N–H and O–H groups in total. The van der Waals surface area contributed by atoms with Gasteiger partial charge in [-0.15, -0.1) is 0 Å². The van der Waals surface area contributed by atoms with Crippen LogP contribution in [-0.2, 0) is 9.53 Å². The van der Waals surface area contributed by atoms with Gasteiger partial charge in [-0.3, -0.25) is 4.79 Å². The predicted octanol–water partition coefficient (Wildman–Crippen LogP) is -0.0290. The topological polar surface area (TPSA) is 55.6 Å². The Morgan fingerprint density at radius 3 is 2.73 bits per heavy atom. The Labute approximate surface area is 89.7 Å². The van der Waals surface area contributed by atoms with Crippen LogP contribution in [0.5, 0.6) is 0 Å². The fraction of sp³-hybridized carbons (Fsp3) is 0.909. The predicted molar refractivity (Wildman–Crippen MR) is 55.1 cm³/mol. The van der Waals surface area contributed by atoms with E-state index in [0.29, 0.717) is 19.3 Å². The van der Waals surface area contributed by atoms with E-state index in [4.69, 9.17) is 10.5 Å². The van der Waals surface area contributed by atoms with Gasteiger partial charge in [-0.1, -0.05) is 0 Å². The molecule has 0 radical (unpaired) electrons. The number of likely N-dealkylation sites (tertiary alicyclic amines) is 1. The molecule has 0 aromatic heterocycles. The van der Waals surface area contributed by atoms with Gasteiger partial charge in [-0.05, 0) is 25.2 Å². The average molecular weight is 210 g/mol. The average Bonchev–Trinajstić information content (AvgIpc) is 2.91. The first-order valence-electron chi connectivity index (χ1n) is 5.89. The maximum atomic E-state index is 12.2. The maximum absolute atomic E-state index is 12.2. The first-order valence-corrected chi connectivity index (χ1v) is 5.89. The highest BCUT2D eigenvalue weighted by molar-refractivity contribution is 5.80. The summed E-state index contributed by atoms with van der Waals surface area (Å²) < 4.78 is 5.26. The van der Waals surface area contributed by atoms with Crippen molar-refractivity contribution in [3.05, 3.63) is 0 Å². The number of nitrogens with two attached hydrogens (primary N) is 1. The van der Waals surface area contributed by atoms with Gasteiger partial charge in [0.1, 0.15) is 0 Å². The summed E-state index contributed by atoms with van der Waals surface area (Å²) in [5, 5.41) is 0. The van der Waals surface area contributed by atoms with Crippen LogP contribution < -0.4 is 5.73 Å². The molecule has 15 heavy (non-hydrogen) atoms. The molecule has 1 amide bonds. The summed E-state index contributed by atoms with van der Waals surface area (Å²) in [6.45, 7) is 2.03. The normalized spacial score (nSPS) is 43.9. The van der Waals surface area contributed by atoms with Gasteiger partial charge in [0.2, 0.25) is 5.91 Å². The lowest BCUT2D eigenvalue weighted by atomic mass is 10.0. The molecule has 2 heterocycles. The van der Waals surface area contributed by atoms with Crippen LogP contribution in [0, 0.1) is 11.8 Å². The standard InChI is InChI=1S/C11H18N2O2/c12-10-6-15-5-9(10)11(14)13-4-7-1-2-8(13)3-7/h7-10H,1-6,12H2. The highest BCUT2D eigenvalue weighted by atomic mass is 16.5. The third-order valence-electron chi connectivity index (χ3n) is 4.13. The molecular formula is C11H18N2O2. The van der Waals surface area contributed by atoms with Crippen LogP contribution in [0.25, 0.3) is 0 Å². The Bertz CT molecular complexity index is 282. The lowest BCUT2D eigenvalue weighted by Gasteiger charge is -2.30. The number of carbonyl (C=O) groups is 1. The summed E-state index contributed by atoms with van der Waals surface area (Å²) in [4.78, 5) is 14.3. The van der Waals surface area contributed by atoms with Crippen LogP contribution in [0.1, 0.15) is 19.3 Å². The summed E-state index contributed by atoms with van der Waals surface area (Å²) in [6, 6.07) is 0.423. The second-order valence-electron chi connectivity index (χ2n) is 5.13. The van der Waals surface area contributed by atoms with Crippen molar-refractivity contribution in [2.24, 2.45) is 17.6 Å². The van der Waals surface area contributed by atoms with Crippen molar-refractivity contribution in [1.82, 2.24) is 4.90 Å². The van der Waals surface area contributed by atoms with Crippen molar-refractivity contribution in [3.63, 3.8) is 0 Å². The number of hydrogen-bond donors (Lipinski definition) is 1. The molecule has 4 heteroatoms. The Morgan fingerprint density at radius 1 is 1.33 bits per heavy atom. The van der Waals surface area contributed by atoms with E-state index >= 15 is 0 Å². The van der Waals surface area contributed by atoms with Gasteiger partial charge in [0.25, 0.3) is 0 Å². The number of ether oxygens (including phenoxy) is 1. The highest BCUT2D eigenvalue weighted by Gasteiger charge is 2.44. The zero-order valence-electron chi connectivity index (χ0n) is 8.89. The van der Waals surface area contributed by atoms with Crippen molar-refractivity contribution in [2.45, 2.75) is 31.3 Å². The molecule has 2 saturated heterocycles. The van der Waals surface area contributed by atoms with Gasteiger partial charge < -0.3 is 15.4 Å². The zero-order valence-corrected chi connectivity index (χ0v) is 8.89. The van der Waals surface area contributed by atoms with Crippen molar-refractivity contribution in [1.29, 1.82) is 0 Å². The summed E-state index contributed by atoms with van der Waals surface area (Å²) in [6.07, 6.45) is 3.72. The third kappa shape index (κ3) is 1.47. The summed E-state index contributed by atoms with van der Waals surface area (Å²) in [5.41, 5.74) is 5.87. The second-order valence-corrected chi connectivity index (χ2v) is 5.13. The minimum atomic E-state index is -0.0865. The fourth-order valence-corrected chi connectivity index (χ4v) is 3.23. The summed E-state index contributed by atoms with van der Waals surface area (Å²) >= 11 is 0. The molecule has 0 aromatic carbocycles. The Hall–Kier alpha value is -0.610. The first kappa shape index (κ1) is 9.60. The summed E-state index contributed by atoms with van der Waals surface area (Å²) in [5.74, 6) is 0.925. The second kappa shape index (κ2) is 3.46. The molecular weight excluding hydrogens is 192 g/mol. The SMILES string of the molecule is NC1COCC1C(=O)N1CC2CCC1C2. The minimum Gasteiger partial charge on any atom is -0.379 e. The molecule has 1 aliphatic carbocycles. The van der Waals surface area contributed by atoms with E-state index in [9.17, 15) is 4.79 Å². The van der Waals surface area contributed by atoms with Gasteiger partial charge in [-0.25, -0.2) is 0 Å². The lowest BCUT2D eigenvalue weighted by molar-refractivity contribution is -0.137.